The highest BCUT2D eigenvalue weighted by molar-refractivity contribution is 8.00. The molecule has 6 nitrogen and oxygen atoms in total. The minimum absolute atomic E-state index is 0.0722. The van der Waals surface area contributed by atoms with Crippen LogP contribution in [0.5, 0.6) is 0 Å². The molecule has 0 unspecified atom stereocenters. The Morgan fingerprint density at radius 1 is 1.16 bits per heavy atom. The second-order valence-corrected chi connectivity index (χ2v) is 7.29. The van der Waals surface area contributed by atoms with Gasteiger partial charge < -0.3 is 10.2 Å². The lowest BCUT2D eigenvalue weighted by molar-refractivity contribution is -0.113. The molecule has 128 valence electrons. The molecule has 0 spiro atoms. The summed E-state index contributed by atoms with van der Waals surface area (Å²) in [5.74, 6) is 0.0519. The van der Waals surface area contributed by atoms with Crippen molar-refractivity contribution in [1.29, 1.82) is 0 Å². The standard InChI is InChI=1S/C17H16N4O2S2/c1-21(2)17(23)11-3-5-12(6-4-11)20-14(22)9-25-16-13-7-8-24-15(13)18-10-19-16/h3-8,10H,9H2,1-2H3,(H,20,22). The third-order valence-corrected chi connectivity index (χ3v) is 5.21. The van der Waals surface area contributed by atoms with Gasteiger partial charge in [0.2, 0.25) is 5.91 Å². The molecule has 0 fully saturated rings. The van der Waals surface area contributed by atoms with E-state index in [1.54, 1.807) is 49.7 Å². The Morgan fingerprint density at radius 3 is 2.64 bits per heavy atom. The number of rotatable bonds is 5. The monoisotopic (exact) mass is 372 g/mol. The zero-order chi connectivity index (χ0) is 17.8. The minimum atomic E-state index is -0.126. The zero-order valence-corrected chi connectivity index (χ0v) is 15.4. The van der Waals surface area contributed by atoms with Gasteiger partial charge in [0.1, 0.15) is 16.2 Å². The number of thiophene rings is 1. The van der Waals surface area contributed by atoms with Gasteiger partial charge in [0.25, 0.3) is 5.91 Å². The first-order chi connectivity index (χ1) is 12.0. The van der Waals surface area contributed by atoms with Gasteiger partial charge in [-0.05, 0) is 35.7 Å². The summed E-state index contributed by atoms with van der Waals surface area (Å²) in [6, 6.07) is 8.80. The summed E-state index contributed by atoms with van der Waals surface area (Å²) in [7, 11) is 3.40. The van der Waals surface area contributed by atoms with Crippen LogP contribution in [0.3, 0.4) is 0 Å². The maximum atomic E-state index is 12.1. The Labute approximate surface area is 153 Å². The van der Waals surface area contributed by atoms with Crippen molar-refractivity contribution in [2.24, 2.45) is 0 Å². The molecule has 0 saturated carbocycles. The first-order valence-electron chi connectivity index (χ1n) is 7.47. The molecular formula is C17H16N4O2S2. The summed E-state index contributed by atoms with van der Waals surface area (Å²) in [6.07, 6.45) is 1.51. The molecule has 8 heteroatoms. The van der Waals surface area contributed by atoms with E-state index in [1.807, 2.05) is 11.4 Å². The van der Waals surface area contributed by atoms with Crippen LogP contribution in [0, 0.1) is 0 Å². The molecule has 0 aliphatic carbocycles. The van der Waals surface area contributed by atoms with Gasteiger partial charge in [0, 0.05) is 30.7 Å². The average Bonchev–Trinajstić information content (AvgIpc) is 3.09. The molecule has 2 aromatic heterocycles. The van der Waals surface area contributed by atoms with Gasteiger partial charge in [-0.3, -0.25) is 9.59 Å². The second kappa shape index (κ2) is 7.62. The molecule has 0 saturated heterocycles. The number of carbonyl (C=O) groups is 2. The highest BCUT2D eigenvalue weighted by Gasteiger charge is 2.10. The number of thioether (sulfide) groups is 1. The van der Waals surface area contributed by atoms with Crippen molar-refractivity contribution >= 4 is 50.8 Å². The fraction of sp³-hybridized carbons (Fsp3) is 0.176. The van der Waals surface area contributed by atoms with Crippen LogP contribution in [0.2, 0.25) is 0 Å². The van der Waals surface area contributed by atoms with Crippen molar-refractivity contribution in [3.05, 3.63) is 47.6 Å². The minimum Gasteiger partial charge on any atom is -0.345 e. The number of nitrogens with zero attached hydrogens (tertiary/aromatic N) is 3. The van der Waals surface area contributed by atoms with Crippen LogP contribution < -0.4 is 5.32 Å². The first kappa shape index (κ1) is 17.4. The van der Waals surface area contributed by atoms with E-state index in [0.29, 0.717) is 11.3 Å². The van der Waals surface area contributed by atoms with Crippen LogP contribution in [0.25, 0.3) is 10.2 Å². The number of anilines is 1. The van der Waals surface area contributed by atoms with Crippen molar-refractivity contribution in [2.45, 2.75) is 5.03 Å². The lowest BCUT2D eigenvalue weighted by atomic mass is 10.2. The zero-order valence-electron chi connectivity index (χ0n) is 13.7. The maximum absolute atomic E-state index is 12.1. The van der Waals surface area contributed by atoms with Crippen LogP contribution in [0.1, 0.15) is 10.4 Å². The molecule has 1 aromatic carbocycles. The normalized spacial score (nSPS) is 10.6. The van der Waals surface area contributed by atoms with E-state index in [1.165, 1.54) is 23.0 Å². The van der Waals surface area contributed by atoms with Crippen LogP contribution in [-0.4, -0.2) is 46.5 Å². The van der Waals surface area contributed by atoms with Crippen molar-refractivity contribution < 1.29 is 9.59 Å². The molecule has 1 N–H and O–H groups in total. The van der Waals surface area contributed by atoms with Crippen molar-refractivity contribution in [1.82, 2.24) is 14.9 Å². The molecule has 2 amide bonds. The van der Waals surface area contributed by atoms with Gasteiger partial charge in [0.15, 0.2) is 0 Å². The largest absolute Gasteiger partial charge is 0.345 e. The molecule has 2 heterocycles. The predicted molar refractivity (Wildman–Crippen MR) is 101 cm³/mol. The summed E-state index contributed by atoms with van der Waals surface area (Å²) in [6.45, 7) is 0. The number of carbonyl (C=O) groups excluding carboxylic acids is 2. The number of nitrogens with one attached hydrogen (secondary N) is 1. The van der Waals surface area contributed by atoms with Crippen LogP contribution >= 0.6 is 23.1 Å². The van der Waals surface area contributed by atoms with Crippen molar-refractivity contribution in [3.63, 3.8) is 0 Å². The molecule has 0 aliphatic heterocycles. The summed E-state index contributed by atoms with van der Waals surface area (Å²) < 4.78 is 0. The van der Waals surface area contributed by atoms with Gasteiger partial charge in [-0.25, -0.2) is 9.97 Å². The number of hydrogen-bond acceptors (Lipinski definition) is 6. The molecule has 0 bridgehead atoms. The quantitative estimate of drug-likeness (QED) is 0.550. The molecular weight excluding hydrogens is 356 g/mol. The van der Waals surface area contributed by atoms with E-state index < -0.39 is 0 Å². The van der Waals surface area contributed by atoms with Crippen molar-refractivity contribution in [2.75, 3.05) is 25.2 Å². The van der Waals surface area contributed by atoms with Gasteiger partial charge in [-0.2, -0.15) is 0 Å². The third-order valence-electron chi connectivity index (χ3n) is 3.39. The van der Waals surface area contributed by atoms with Crippen molar-refractivity contribution in [3.8, 4) is 0 Å². The third kappa shape index (κ3) is 4.15. The second-order valence-electron chi connectivity index (χ2n) is 5.43. The maximum Gasteiger partial charge on any atom is 0.253 e. The molecule has 0 radical (unpaired) electrons. The Balaban J connectivity index is 1.59. The Morgan fingerprint density at radius 2 is 1.92 bits per heavy atom. The van der Waals surface area contributed by atoms with Gasteiger partial charge in [-0.1, -0.05) is 11.8 Å². The van der Waals surface area contributed by atoms with Crippen LogP contribution in [0.15, 0.2) is 47.1 Å². The fourth-order valence-electron chi connectivity index (χ4n) is 2.17. The molecule has 3 aromatic rings. The molecule has 3 rings (SSSR count). The van der Waals surface area contributed by atoms with Crippen LogP contribution in [-0.2, 0) is 4.79 Å². The van der Waals surface area contributed by atoms with Crippen LogP contribution in [0.4, 0.5) is 5.69 Å². The SMILES string of the molecule is CN(C)C(=O)c1ccc(NC(=O)CSc2ncnc3sccc23)cc1. The number of aromatic nitrogens is 2. The Kier molecular flexibility index (Phi) is 5.30. The molecule has 0 aliphatic rings. The summed E-state index contributed by atoms with van der Waals surface area (Å²) in [5, 5.41) is 6.55. The highest BCUT2D eigenvalue weighted by atomic mass is 32.2. The highest BCUT2D eigenvalue weighted by Crippen LogP contribution is 2.27. The Bertz CT molecular complexity index is 906. The lowest BCUT2D eigenvalue weighted by Gasteiger charge is -2.11. The first-order valence-corrected chi connectivity index (χ1v) is 9.33. The summed E-state index contributed by atoms with van der Waals surface area (Å²) >= 11 is 2.92. The van der Waals surface area contributed by atoms with Gasteiger partial charge in [-0.15, -0.1) is 11.3 Å². The molecule has 25 heavy (non-hydrogen) atoms. The number of hydrogen-bond donors (Lipinski definition) is 1. The fourth-order valence-corrected chi connectivity index (χ4v) is 3.75. The Hall–Kier alpha value is -2.45. The summed E-state index contributed by atoms with van der Waals surface area (Å²) in [5.41, 5.74) is 1.24. The van der Waals surface area contributed by atoms with E-state index >= 15 is 0 Å². The molecule has 0 atom stereocenters. The van der Waals surface area contributed by atoms with Gasteiger partial charge in [0.05, 0.1) is 5.75 Å². The smallest absolute Gasteiger partial charge is 0.253 e. The van der Waals surface area contributed by atoms with E-state index in [2.05, 4.69) is 15.3 Å². The van der Waals surface area contributed by atoms with E-state index in [-0.39, 0.29) is 17.6 Å². The summed E-state index contributed by atoms with van der Waals surface area (Å²) in [4.78, 5) is 34.8. The van der Waals surface area contributed by atoms with E-state index in [9.17, 15) is 9.59 Å². The van der Waals surface area contributed by atoms with Gasteiger partial charge >= 0.3 is 0 Å². The number of benzene rings is 1. The number of amides is 2. The topological polar surface area (TPSA) is 75.2 Å². The average molecular weight is 372 g/mol. The van der Waals surface area contributed by atoms with E-state index in [0.717, 1.165) is 15.2 Å². The lowest BCUT2D eigenvalue weighted by Crippen LogP contribution is -2.21. The van der Waals surface area contributed by atoms with E-state index in [4.69, 9.17) is 0 Å². The number of fused-ring (bicyclic) bond motifs is 1. The predicted octanol–water partition coefficient (Wildman–Crippen LogP) is 3.12.